The van der Waals surface area contributed by atoms with Crippen LogP contribution in [0.4, 0.5) is 10.8 Å². The highest BCUT2D eigenvalue weighted by molar-refractivity contribution is 8.01. The van der Waals surface area contributed by atoms with Gasteiger partial charge in [-0.2, -0.15) is 0 Å². The van der Waals surface area contributed by atoms with Crippen molar-refractivity contribution < 1.29 is 17.9 Å². The number of amides is 1. The number of carbonyl (C=O) groups is 1. The van der Waals surface area contributed by atoms with Crippen molar-refractivity contribution in [2.24, 2.45) is 0 Å². The molecule has 1 aromatic carbocycles. The van der Waals surface area contributed by atoms with Crippen molar-refractivity contribution in [3.8, 4) is 5.75 Å². The summed E-state index contributed by atoms with van der Waals surface area (Å²) in [6, 6.07) is 5.66. The number of hydrogen-bond donors (Lipinski definition) is 1. The number of nitrogens with zero attached hydrogens (tertiary/aromatic N) is 3. The molecule has 27 heavy (non-hydrogen) atoms. The van der Waals surface area contributed by atoms with Gasteiger partial charge in [0, 0.05) is 6.07 Å². The van der Waals surface area contributed by atoms with Gasteiger partial charge in [0.1, 0.15) is 11.8 Å². The summed E-state index contributed by atoms with van der Waals surface area (Å²) < 4.78 is 31.9. The number of anilines is 2. The van der Waals surface area contributed by atoms with Crippen LogP contribution in [0.1, 0.15) is 20.3 Å². The number of hydrogen-bond acceptors (Lipinski definition) is 8. The van der Waals surface area contributed by atoms with Crippen molar-refractivity contribution in [3.63, 3.8) is 0 Å². The zero-order chi connectivity index (χ0) is 20.0. The van der Waals surface area contributed by atoms with Crippen molar-refractivity contribution >= 4 is 49.8 Å². The molecule has 1 unspecified atom stereocenters. The maximum atomic E-state index is 12.8. The van der Waals surface area contributed by atoms with Crippen molar-refractivity contribution in [3.05, 3.63) is 24.3 Å². The monoisotopic (exact) mass is 430 g/mol. The topological polar surface area (TPSA) is 101 Å². The van der Waals surface area contributed by atoms with Gasteiger partial charge in [0.25, 0.3) is 0 Å². The molecule has 0 saturated heterocycles. The molecule has 11 heteroatoms. The van der Waals surface area contributed by atoms with Crippen LogP contribution in [0.25, 0.3) is 0 Å². The molecule has 0 aliphatic rings. The van der Waals surface area contributed by atoms with E-state index in [9.17, 15) is 13.2 Å². The minimum Gasteiger partial charge on any atom is -0.497 e. The Balaban J connectivity index is 2.32. The molecule has 1 amide bonds. The van der Waals surface area contributed by atoms with Gasteiger partial charge in [-0.25, -0.2) is 8.42 Å². The van der Waals surface area contributed by atoms with E-state index in [4.69, 9.17) is 4.74 Å². The average Bonchev–Trinajstić information content (AvgIpc) is 3.05. The van der Waals surface area contributed by atoms with Gasteiger partial charge >= 0.3 is 0 Å². The maximum Gasteiger partial charge on any atom is 0.250 e. The smallest absolute Gasteiger partial charge is 0.250 e. The zero-order valence-electron chi connectivity index (χ0n) is 15.5. The SMILES string of the molecule is CCSc1nnc(NC(=O)C(CC)N(c2cccc(OC)c2)S(C)(=O)=O)s1. The zero-order valence-corrected chi connectivity index (χ0v) is 17.9. The molecule has 0 bridgehead atoms. The van der Waals surface area contributed by atoms with Crippen molar-refractivity contribution in [1.29, 1.82) is 0 Å². The molecule has 8 nitrogen and oxygen atoms in total. The predicted octanol–water partition coefficient (Wildman–Crippen LogP) is 2.84. The van der Waals surface area contributed by atoms with Crippen molar-refractivity contribution in [1.82, 2.24) is 10.2 Å². The van der Waals surface area contributed by atoms with E-state index in [-0.39, 0.29) is 6.42 Å². The third kappa shape index (κ3) is 5.56. The number of ether oxygens (including phenoxy) is 1. The van der Waals surface area contributed by atoms with E-state index in [1.807, 2.05) is 6.92 Å². The lowest BCUT2D eigenvalue weighted by Gasteiger charge is -2.29. The highest BCUT2D eigenvalue weighted by Gasteiger charge is 2.32. The van der Waals surface area contributed by atoms with E-state index in [1.54, 1.807) is 31.2 Å². The first-order chi connectivity index (χ1) is 12.8. The lowest BCUT2D eigenvalue weighted by Crippen LogP contribution is -2.47. The van der Waals surface area contributed by atoms with E-state index in [0.717, 1.165) is 20.7 Å². The maximum absolute atomic E-state index is 12.8. The summed E-state index contributed by atoms with van der Waals surface area (Å²) in [5.74, 6) is 0.884. The molecular formula is C16H22N4O4S3. The molecule has 1 N–H and O–H groups in total. The minimum absolute atomic E-state index is 0.283. The average molecular weight is 431 g/mol. The largest absolute Gasteiger partial charge is 0.497 e. The fourth-order valence-corrected chi connectivity index (χ4v) is 5.29. The molecule has 148 valence electrons. The van der Waals surface area contributed by atoms with Crippen molar-refractivity contribution in [2.75, 3.05) is 28.7 Å². The van der Waals surface area contributed by atoms with Gasteiger partial charge < -0.3 is 4.74 Å². The van der Waals surface area contributed by atoms with E-state index in [1.165, 1.54) is 30.2 Å². The summed E-state index contributed by atoms with van der Waals surface area (Å²) in [4.78, 5) is 12.8. The van der Waals surface area contributed by atoms with E-state index in [0.29, 0.717) is 16.6 Å². The van der Waals surface area contributed by atoms with Crippen LogP contribution in [0.3, 0.4) is 0 Å². The highest BCUT2D eigenvalue weighted by Crippen LogP contribution is 2.28. The lowest BCUT2D eigenvalue weighted by atomic mass is 10.2. The Morgan fingerprint density at radius 1 is 1.37 bits per heavy atom. The summed E-state index contributed by atoms with van der Waals surface area (Å²) >= 11 is 2.78. The van der Waals surface area contributed by atoms with Gasteiger partial charge in [0.2, 0.25) is 21.1 Å². The summed E-state index contributed by atoms with van der Waals surface area (Å²) in [5.41, 5.74) is 0.360. The first-order valence-electron chi connectivity index (χ1n) is 8.20. The number of sulfonamides is 1. The number of nitrogens with one attached hydrogen (secondary N) is 1. The molecule has 0 saturated carbocycles. The number of thioether (sulfide) groups is 1. The van der Waals surface area contributed by atoms with Crippen LogP contribution in [0.5, 0.6) is 5.75 Å². The van der Waals surface area contributed by atoms with E-state index in [2.05, 4.69) is 15.5 Å². The Labute approximate surface area is 167 Å². The molecule has 0 aliphatic carbocycles. The molecule has 0 radical (unpaired) electrons. The fourth-order valence-electron chi connectivity index (χ4n) is 2.44. The second-order valence-electron chi connectivity index (χ2n) is 5.48. The predicted molar refractivity (Wildman–Crippen MR) is 109 cm³/mol. The lowest BCUT2D eigenvalue weighted by molar-refractivity contribution is -0.117. The van der Waals surface area contributed by atoms with Crippen LogP contribution < -0.4 is 14.4 Å². The summed E-state index contributed by atoms with van der Waals surface area (Å²) in [5, 5.41) is 10.9. The number of aromatic nitrogens is 2. The number of carbonyl (C=O) groups excluding carboxylic acids is 1. The van der Waals surface area contributed by atoms with Crippen LogP contribution in [0.2, 0.25) is 0 Å². The molecule has 2 rings (SSSR count). The van der Waals surface area contributed by atoms with Crippen LogP contribution in [0.15, 0.2) is 28.6 Å². The number of methoxy groups -OCH3 is 1. The molecule has 1 aromatic heterocycles. The Kier molecular flexibility index (Phi) is 7.45. The first kappa shape index (κ1) is 21.5. The van der Waals surface area contributed by atoms with Gasteiger partial charge in [-0.1, -0.05) is 43.0 Å². The molecule has 2 aromatic rings. The molecular weight excluding hydrogens is 408 g/mol. The highest BCUT2D eigenvalue weighted by atomic mass is 32.2. The number of rotatable bonds is 9. The molecule has 1 heterocycles. The molecule has 0 fully saturated rings. The van der Waals surface area contributed by atoms with Gasteiger partial charge in [-0.3, -0.25) is 14.4 Å². The third-order valence-corrected chi connectivity index (χ3v) is 6.58. The van der Waals surface area contributed by atoms with Gasteiger partial charge in [-0.05, 0) is 24.3 Å². The first-order valence-corrected chi connectivity index (χ1v) is 11.9. The van der Waals surface area contributed by atoms with Crippen molar-refractivity contribution in [2.45, 2.75) is 30.6 Å². The van der Waals surface area contributed by atoms with Crippen LogP contribution in [-0.2, 0) is 14.8 Å². The van der Waals surface area contributed by atoms with Crippen LogP contribution in [-0.4, -0.2) is 49.7 Å². The number of benzene rings is 1. The Morgan fingerprint density at radius 3 is 2.70 bits per heavy atom. The molecule has 0 aliphatic heterocycles. The van der Waals surface area contributed by atoms with E-state index < -0.39 is 22.0 Å². The summed E-state index contributed by atoms with van der Waals surface area (Å²) in [6.07, 6.45) is 1.36. The second kappa shape index (κ2) is 9.38. The van der Waals surface area contributed by atoms with Gasteiger partial charge in [0.05, 0.1) is 19.1 Å². The Morgan fingerprint density at radius 2 is 2.11 bits per heavy atom. The van der Waals surface area contributed by atoms with Crippen LogP contribution in [0, 0.1) is 0 Å². The molecule has 0 spiro atoms. The standard InChI is InChI=1S/C16H22N4O4S3/c1-5-13(14(21)17-15-18-19-16(26-15)25-6-2)20(27(4,22)23)11-8-7-9-12(10-11)24-3/h7-10,13H,5-6H2,1-4H3,(H,17,18,21). The fraction of sp³-hybridized carbons (Fsp3) is 0.438. The van der Waals surface area contributed by atoms with Crippen LogP contribution >= 0.6 is 23.1 Å². The molecule has 1 atom stereocenters. The van der Waals surface area contributed by atoms with E-state index >= 15 is 0 Å². The third-order valence-electron chi connectivity index (χ3n) is 3.54. The minimum atomic E-state index is -3.71. The Bertz CT molecular complexity index is 885. The second-order valence-corrected chi connectivity index (χ2v) is 9.83. The van der Waals surface area contributed by atoms with Gasteiger partial charge in [-0.15, -0.1) is 10.2 Å². The van der Waals surface area contributed by atoms with Gasteiger partial charge in [0.15, 0.2) is 4.34 Å². The summed E-state index contributed by atoms with van der Waals surface area (Å²) in [6.45, 7) is 3.75. The quantitative estimate of drug-likeness (QED) is 0.482. The Hall–Kier alpha value is -1.85. The normalized spacial score (nSPS) is 12.4. The summed E-state index contributed by atoms with van der Waals surface area (Å²) in [7, 11) is -2.22.